The van der Waals surface area contributed by atoms with Gasteiger partial charge in [-0.15, -0.1) is 0 Å². The van der Waals surface area contributed by atoms with Crippen molar-refractivity contribution in [2.75, 3.05) is 0 Å². The molecule has 1 aliphatic rings. The Morgan fingerprint density at radius 1 is 0.457 bits per heavy atom. The van der Waals surface area contributed by atoms with Gasteiger partial charge in [0.1, 0.15) is 0 Å². The quantitative estimate of drug-likeness (QED) is 0.184. The summed E-state index contributed by atoms with van der Waals surface area (Å²) >= 11 is 0. The first-order valence-electron chi connectivity index (χ1n) is 16.1. The van der Waals surface area contributed by atoms with E-state index in [1.807, 2.05) is 0 Å². The number of aromatic nitrogens is 2. The van der Waals surface area contributed by atoms with E-state index in [-0.39, 0.29) is 5.41 Å². The van der Waals surface area contributed by atoms with E-state index in [2.05, 4.69) is 164 Å². The van der Waals surface area contributed by atoms with Gasteiger partial charge >= 0.3 is 0 Å². The molecule has 0 amide bonds. The van der Waals surface area contributed by atoms with Crippen LogP contribution >= 0.6 is 0 Å². The third-order valence-electron chi connectivity index (χ3n) is 10.4. The predicted molar refractivity (Wildman–Crippen MR) is 194 cm³/mol. The summed E-state index contributed by atoms with van der Waals surface area (Å²) in [5.41, 5.74) is 10.6. The van der Waals surface area contributed by atoms with Gasteiger partial charge in [-0.1, -0.05) is 111 Å². The minimum Gasteiger partial charge on any atom is -0.309 e. The number of para-hydroxylation sites is 2. The highest BCUT2D eigenvalue weighted by Gasteiger charge is 2.37. The maximum Gasteiger partial charge on any atom is 0.0753 e. The zero-order valence-corrected chi connectivity index (χ0v) is 25.8. The van der Waals surface area contributed by atoms with Crippen LogP contribution in [0.15, 0.2) is 146 Å². The average Bonchev–Trinajstić information content (AvgIpc) is 3.55. The van der Waals surface area contributed by atoms with Gasteiger partial charge in [-0.25, -0.2) is 4.98 Å². The molecular formula is C44H30N2. The molecule has 9 aromatic rings. The molecule has 0 fully saturated rings. The van der Waals surface area contributed by atoms with E-state index in [1.165, 1.54) is 76.5 Å². The fourth-order valence-corrected chi connectivity index (χ4v) is 8.13. The summed E-state index contributed by atoms with van der Waals surface area (Å²) in [6.07, 6.45) is 0. The van der Waals surface area contributed by atoms with Crippen LogP contribution in [0.3, 0.4) is 0 Å². The van der Waals surface area contributed by atoms with Crippen LogP contribution in [-0.4, -0.2) is 9.55 Å². The van der Waals surface area contributed by atoms with Gasteiger partial charge in [0.25, 0.3) is 0 Å². The molecule has 0 atom stereocenters. The zero-order chi connectivity index (χ0) is 30.6. The summed E-state index contributed by atoms with van der Waals surface area (Å²) in [7, 11) is 0. The molecule has 0 aliphatic heterocycles. The normalized spacial score (nSPS) is 13.6. The average molecular weight is 587 g/mol. The van der Waals surface area contributed by atoms with Crippen LogP contribution < -0.4 is 0 Å². The Morgan fingerprint density at radius 3 is 1.76 bits per heavy atom. The highest BCUT2D eigenvalue weighted by molar-refractivity contribution is 6.26. The smallest absolute Gasteiger partial charge is 0.0753 e. The molecular weight excluding hydrogens is 556 g/mol. The van der Waals surface area contributed by atoms with Gasteiger partial charge in [0, 0.05) is 33.0 Å². The fourth-order valence-electron chi connectivity index (χ4n) is 8.13. The zero-order valence-electron chi connectivity index (χ0n) is 25.8. The second-order valence-corrected chi connectivity index (χ2v) is 13.2. The molecule has 0 unspecified atom stereocenters. The molecule has 2 heteroatoms. The molecule has 216 valence electrons. The Morgan fingerprint density at radius 2 is 1.04 bits per heavy atom. The van der Waals surface area contributed by atoms with Gasteiger partial charge in [-0.3, -0.25) is 0 Å². The Kier molecular flexibility index (Phi) is 5.09. The molecule has 2 aromatic heterocycles. The van der Waals surface area contributed by atoms with Crippen molar-refractivity contribution in [3.05, 3.63) is 157 Å². The van der Waals surface area contributed by atoms with Gasteiger partial charge in [0.2, 0.25) is 0 Å². The maximum atomic E-state index is 5.45. The van der Waals surface area contributed by atoms with E-state index >= 15 is 0 Å². The summed E-state index contributed by atoms with van der Waals surface area (Å²) in [5, 5.41) is 10.3. The van der Waals surface area contributed by atoms with Crippen LogP contribution in [0.5, 0.6) is 0 Å². The van der Waals surface area contributed by atoms with E-state index in [1.54, 1.807) is 0 Å². The van der Waals surface area contributed by atoms with Crippen molar-refractivity contribution in [3.63, 3.8) is 0 Å². The van der Waals surface area contributed by atoms with Gasteiger partial charge in [0.05, 0.1) is 22.4 Å². The lowest BCUT2D eigenvalue weighted by atomic mass is 9.81. The van der Waals surface area contributed by atoms with Gasteiger partial charge in [-0.2, -0.15) is 0 Å². The second-order valence-electron chi connectivity index (χ2n) is 13.2. The number of nitrogens with zero attached hydrogens (tertiary/aromatic N) is 2. The molecule has 46 heavy (non-hydrogen) atoms. The van der Waals surface area contributed by atoms with Crippen molar-refractivity contribution in [1.82, 2.24) is 9.55 Å². The minimum atomic E-state index is -0.149. The summed E-state index contributed by atoms with van der Waals surface area (Å²) in [6, 6.07) is 53.2. The predicted octanol–water partition coefficient (Wildman–Crippen LogP) is 11.6. The van der Waals surface area contributed by atoms with E-state index in [0.717, 1.165) is 17.0 Å². The molecule has 2 heterocycles. The highest BCUT2D eigenvalue weighted by Crippen LogP contribution is 2.51. The summed E-state index contributed by atoms with van der Waals surface area (Å²) in [6.45, 7) is 4.69. The van der Waals surface area contributed by atoms with Crippen LogP contribution in [0, 0.1) is 0 Å². The Bertz CT molecular complexity index is 2710. The lowest BCUT2D eigenvalue weighted by Crippen LogP contribution is -2.15. The molecule has 0 saturated carbocycles. The van der Waals surface area contributed by atoms with Crippen molar-refractivity contribution >= 4 is 54.1 Å². The SMILES string of the molecule is CC1(C)c2cc3c4ccccc4c4ccccc4c3cc2-c2nc(-c3ccc4c(c3)c3ccccc3n4-c3ccccc3)ccc21. The van der Waals surface area contributed by atoms with Crippen LogP contribution in [-0.2, 0) is 5.41 Å². The number of hydrogen-bond acceptors (Lipinski definition) is 1. The number of hydrogen-bond donors (Lipinski definition) is 0. The third-order valence-corrected chi connectivity index (χ3v) is 10.4. The third kappa shape index (κ3) is 3.39. The molecule has 0 N–H and O–H groups in total. The van der Waals surface area contributed by atoms with Crippen LogP contribution in [0.2, 0.25) is 0 Å². The Balaban J connectivity index is 1.20. The molecule has 0 radical (unpaired) electrons. The van der Waals surface area contributed by atoms with E-state index in [4.69, 9.17) is 4.98 Å². The van der Waals surface area contributed by atoms with Gasteiger partial charge < -0.3 is 4.57 Å². The van der Waals surface area contributed by atoms with Crippen LogP contribution in [0.25, 0.3) is 82.3 Å². The molecule has 7 aromatic carbocycles. The van der Waals surface area contributed by atoms with Gasteiger partial charge in [0.15, 0.2) is 0 Å². The van der Waals surface area contributed by atoms with Crippen LogP contribution in [0.1, 0.15) is 25.0 Å². The second kappa shape index (κ2) is 9.15. The van der Waals surface area contributed by atoms with Gasteiger partial charge in [-0.05, 0) is 92.0 Å². The summed E-state index contributed by atoms with van der Waals surface area (Å²) in [4.78, 5) is 5.45. The van der Waals surface area contributed by atoms with Crippen molar-refractivity contribution in [1.29, 1.82) is 0 Å². The van der Waals surface area contributed by atoms with Crippen molar-refractivity contribution in [2.45, 2.75) is 19.3 Å². The molecule has 1 aliphatic carbocycles. The lowest BCUT2D eigenvalue weighted by Gasteiger charge is -2.22. The molecule has 2 nitrogen and oxygen atoms in total. The monoisotopic (exact) mass is 586 g/mol. The Labute approximate surface area is 267 Å². The van der Waals surface area contributed by atoms with Crippen molar-refractivity contribution in [3.8, 4) is 28.2 Å². The van der Waals surface area contributed by atoms with E-state index in [0.29, 0.717) is 0 Å². The molecule has 0 spiro atoms. The summed E-state index contributed by atoms with van der Waals surface area (Å²) in [5.74, 6) is 0. The number of pyridine rings is 1. The first-order chi connectivity index (χ1) is 22.6. The van der Waals surface area contributed by atoms with Crippen LogP contribution in [0.4, 0.5) is 0 Å². The summed E-state index contributed by atoms with van der Waals surface area (Å²) < 4.78 is 2.36. The fraction of sp³-hybridized carbons (Fsp3) is 0.0682. The molecule has 10 rings (SSSR count). The standard InChI is InChI=1S/C44H30N2/c1-44(2)38-21-22-40(27-20-23-42-36(24-27)33-18-10-11-19-41(33)46(42)28-12-4-3-5-13-28)45-43(38)37-25-34-31-16-8-6-14-29(31)30-15-7-9-17-32(30)35(34)26-39(37)44/h3-26H,1-2H3. The van der Waals surface area contributed by atoms with Crippen molar-refractivity contribution < 1.29 is 0 Å². The molecule has 0 bridgehead atoms. The largest absolute Gasteiger partial charge is 0.309 e. The number of fused-ring (bicyclic) bond motifs is 12. The first-order valence-corrected chi connectivity index (χ1v) is 16.1. The molecule has 0 saturated heterocycles. The van der Waals surface area contributed by atoms with E-state index < -0.39 is 0 Å². The highest BCUT2D eigenvalue weighted by atomic mass is 15.0. The van der Waals surface area contributed by atoms with E-state index in [9.17, 15) is 0 Å². The maximum absolute atomic E-state index is 5.45. The minimum absolute atomic E-state index is 0.149. The van der Waals surface area contributed by atoms with Crippen molar-refractivity contribution in [2.24, 2.45) is 0 Å². The topological polar surface area (TPSA) is 17.8 Å². The first kappa shape index (κ1) is 25.6. The number of rotatable bonds is 2. The number of benzene rings is 7. The lowest BCUT2D eigenvalue weighted by molar-refractivity contribution is 0.660. The Hall–Kier alpha value is -5.73.